The molecular weight excluding hydrogens is 378 g/mol. The fourth-order valence-electron chi connectivity index (χ4n) is 3.56. The fraction of sp³-hybridized carbons (Fsp3) is 0.318. The predicted molar refractivity (Wildman–Crippen MR) is 120 cm³/mol. The van der Waals surface area contributed by atoms with Gasteiger partial charge in [0.2, 0.25) is 0 Å². The number of aromatic amines is 1. The lowest BCUT2D eigenvalue weighted by atomic mass is 10.0. The maximum atomic E-state index is 12.3. The van der Waals surface area contributed by atoms with Crippen LogP contribution in [-0.2, 0) is 4.79 Å². The van der Waals surface area contributed by atoms with E-state index in [-0.39, 0.29) is 11.4 Å². The molecule has 0 aromatic carbocycles. The minimum atomic E-state index is -0.518. The second-order valence-corrected chi connectivity index (χ2v) is 7.71. The Morgan fingerprint density at radius 1 is 1.20 bits per heavy atom. The van der Waals surface area contributed by atoms with E-state index in [0.717, 1.165) is 41.2 Å². The predicted octanol–water partition coefficient (Wildman–Crippen LogP) is 3.86. The molecule has 154 valence electrons. The van der Waals surface area contributed by atoms with Gasteiger partial charge in [-0.1, -0.05) is 6.92 Å². The van der Waals surface area contributed by atoms with E-state index < -0.39 is 11.8 Å². The monoisotopic (exact) mass is 403 g/mol. The van der Waals surface area contributed by atoms with Crippen LogP contribution in [0.4, 0.5) is 11.5 Å². The molecule has 0 saturated carbocycles. The van der Waals surface area contributed by atoms with Gasteiger partial charge in [-0.3, -0.25) is 10.2 Å². The topological polar surface area (TPSA) is 122 Å². The number of carbonyl (C=O) groups excluding carboxylic acids is 1. The fourth-order valence-corrected chi connectivity index (χ4v) is 3.56. The van der Waals surface area contributed by atoms with Crippen molar-refractivity contribution in [2.45, 2.75) is 26.7 Å². The summed E-state index contributed by atoms with van der Waals surface area (Å²) in [7, 11) is 0. The van der Waals surface area contributed by atoms with E-state index in [9.17, 15) is 4.79 Å². The Morgan fingerprint density at radius 3 is 2.70 bits per heavy atom. The van der Waals surface area contributed by atoms with E-state index in [2.05, 4.69) is 31.2 Å². The highest BCUT2D eigenvalue weighted by Crippen LogP contribution is 2.28. The lowest BCUT2D eigenvalue weighted by Crippen LogP contribution is -2.30. The molecule has 1 atom stereocenters. The Labute approximate surface area is 174 Å². The molecule has 0 bridgehead atoms. The number of aromatic nitrogens is 3. The molecule has 3 aromatic rings. The molecule has 1 unspecified atom stereocenters. The van der Waals surface area contributed by atoms with Gasteiger partial charge in [0.25, 0.3) is 5.91 Å². The molecule has 4 rings (SSSR count). The molecule has 4 heterocycles. The van der Waals surface area contributed by atoms with Crippen LogP contribution in [-0.4, -0.2) is 45.4 Å². The van der Waals surface area contributed by atoms with Crippen LogP contribution in [0.2, 0.25) is 0 Å². The van der Waals surface area contributed by atoms with Crippen LogP contribution >= 0.6 is 0 Å². The largest absolute Gasteiger partial charge is 0.357 e. The number of pyridine rings is 2. The van der Waals surface area contributed by atoms with Gasteiger partial charge in [-0.05, 0) is 44.0 Å². The molecule has 1 aliphatic heterocycles. The number of hydrogen-bond donors (Lipinski definition) is 4. The maximum Gasteiger partial charge on any atom is 0.270 e. The van der Waals surface area contributed by atoms with Crippen LogP contribution in [0.15, 0.2) is 36.7 Å². The highest BCUT2D eigenvalue weighted by Gasteiger charge is 2.19. The SMILES string of the molecule is CC(=N)C(C)C(=N)C(=O)Nc1cnc2[nH]c(-c3ccnc(N4CCCC4)c3)cc2c1. The summed E-state index contributed by atoms with van der Waals surface area (Å²) in [4.78, 5) is 26.8. The van der Waals surface area contributed by atoms with Crippen LogP contribution in [0, 0.1) is 16.7 Å². The van der Waals surface area contributed by atoms with Gasteiger partial charge in [-0.2, -0.15) is 0 Å². The zero-order chi connectivity index (χ0) is 21.3. The molecule has 0 spiro atoms. The first-order valence-electron chi connectivity index (χ1n) is 10.1. The van der Waals surface area contributed by atoms with E-state index >= 15 is 0 Å². The Morgan fingerprint density at radius 2 is 1.97 bits per heavy atom. The molecule has 4 N–H and O–H groups in total. The molecule has 1 saturated heterocycles. The molecule has 8 nitrogen and oxygen atoms in total. The summed E-state index contributed by atoms with van der Waals surface area (Å²) in [5.74, 6) is -0.0499. The molecule has 8 heteroatoms. The lowest BCUT2D eigenvalue weighted by molar-refractivity contribution is -0.110. The van der Waals surface area contributed by atoms with E-state index in [1.165, 1.54) is 12.8 Å². The van der Waals surface area contributed by atoms with Gasteiger partial charge in [0.05, 0.1) is 11.9 Å². The average molecular weight is 403 g/mol. The number of H-pyrrole nitrogens is 1. The van der Waals surface area contributed by atoms with Crippen LogP contribution in [0.1, 0.15) is 26.7 Å². The summed E-state index contributed by atoms with van der Waals surface area (Å²) in [5.41, 5.74) is 3.36. The Hall–Kier alpha value is -3.55. The van der Waals surface area contributed by atoms with Crippen molar-refractivity contribution >= 4 is 39.9 Å². The number of fused-ring (bicyclic) bond motifs is 1. The first-order valence-corrected chi connectivity index (χ1v) is 10.1. The smallest absolute Gasteiger partial charge is 0.270 e. The third-order valence-corrected chi connectivity index (χ3v) is 5.54. The van der Waals surface area contributed by atoms with Gasteiger partial charge < -0.3 is 20.6 Å². The third-order valence-electron chi connectivity index (χ3n) is 5.54. The first-order chi connectivity index (χ1) is 14.4. The van der Waals surface area contributed by atoms with Crippen LogP contribution in [0.5, 0.6) is 0 Å². The van der Waals surface area contributed by atoms with Crippen molar-refractivity contribution in [3.63, 3.8) is 0 Å². The van der Waals surface area contributed by atoms with E-state index in [1.807, 2.05) is 24.4 Å². The maximum absolute atomic E-state index is 12.3. The summed E-state index contributed by atoms with van der Waals surface area (Å²) in [5, 5.41) is 19.2. The molecule has 1 fully saturated rings. The number of carbonyl (C=O) groups is 1. The van der Waals surface area contributed by atoms with Crippen molar-refractivity contribution in [3.05, 3.63) is 36.7 Å². The van der Waals surface area contributed by atoms with E-state index in [0.29, 0.717) is 5.69 Å². The molecule has 0 aliphatic carbocycles. The highest BCUT2D eigenvalue weighted by atomic mass is 16.1. The zero-order valence-corrected chi connectivity index (χ0v) is 17.1. The minimum Gasteiger partial charge on any atom is -0.357 e. The normalized spacial score (nSPS) is 14.7. The number of hydrogen-bond acceptors (Lipinski definition) is 6. The van der Waals surface area contributed by atoms with Gasteiger partial charge in [0.15, 0.2) is 0 Å². The standard InChI is InChI=1S/C22H25N7O/c1-13(14(2)23)20(24)22(30)27-17-9-16-10-18(28-21(16)26-12-17)15-5-6-25-19(11-15)29-7-3-4-8-29/h5-6,9-13,23-24H,3-4,7-8H2,1-2H3,(H,26,28)(H,27,30). The van der Waals surface area contributed by atoms with Crippen LogP contribution < -0.4 is 10.2 Å². The average Bonchev–Trinajstić information content (AvgIpc) is 3.42. The summed E-state index contributed by atoms with van der Waals surface area (Å²) in [6, 6.07) is 7.88. The summed E-state index contributed by atoms with van der Waals surface area (Å²) in [6.07, 6.45) is 5.79. The molecule has 30 heavy (non-hydrogen) atoms. The molecular formula is C22H25N7O. The van der Waals surface area contributed by atoms with Crippen molar-refractivity contribution in [1.82, 2.24) is 15.0 Å². The first kappa shape index (κ1) is 19.8. The van der Waals surface area contributed by atoms with Gasteiger partial charge in [0, 0.05) is 47.6 Å². The van der Waals surface area contributed by atoms with E-state index in [1.54, 1.807) is 20.0 Å². The molecule has 3 aromatic heterocycles. The lowest BCUT2D eigenvalue weighted by Gasteiger charge is -2.16. The third kappa shape index (κ3) is 3.94. The molecule has 0 radical (unpaired) electrons. The number of nitrogens with one attached hydrogen (secondary N) is 4. The number of rotatable bonds is 6. The Kier molecular flexibility index (Phi) is 5.31. The van der Waals surface area contributed by atoms with Crippen LogP contribution in [0.25, 0.3) is 22.3 Å². The van der Waals surface area contributed by atoms with Crippen molar-refractivity contribution in [2.24, 2.45) is 5.92 Å². The number of nitrogens with zero attached hydrogens (tertiary/aromatic N) is 3. The molecule has 1 aliphatic rings. The van der Waals surface area contributed by atoms with Crippen molar-refractivity contribution in [2.75, 3.05) is 23.3 Å². The second-order valence-electron chi connectivity index (χ2n) is 7.71. The van der Waals surface area contributed by atoms with Crippen molar-refractivity contribution < 1.29 is 4.79 Å². The van der Waals surface area contributed by atoms with Gasteiger partial charge >= 0.3 is 0 Å². The number of anilines is 2. The van der Waals surface area contributed by atoms with Gasteiger partial charge in [-0.15, -0.1) is 0 Å². The summed E-state index contributed by atoms with van der Waals surface area (Å²) in [6.45, 7) is 5.35. The van der Waals surface area contributed by atoms with Crippen LogP contribution in [0.3, 0.4) is 0 Å². The Balaban J connectivity index is 1.56. The van der Waals surface area contributed by atoms with Gasteiger partial charge in [-0.25, -0.2) is 9.97 Å². The van der Waals surface area contributed by atoms with Gasteiger partial charge in [0.1, 0.15) is 17.2 Å². The van der Waals surface area contributed by atoms with Crippen molar-refractivity contribution in [3.8, 4) is 11.3 Å². The molecule has 1 amide bonds. The second kappa shape index (κ2) is 8.06. The van der Waals surface area contributed by atoms with Crippen molar-refractivity contribution in [1.29, 1.82) is 10.8 Å². The minimum absolute atomic E-state index is 0.136. The summed E-state index contributed by atoms with van der Waals surface area (Å²) >= 11 is 0. The zero-order valence-electron chi connectivity index (χ0n) is 17.1. The number of amides is 1. The van der Waals surface area contributed by atoms with E-state index in [4.69, 9.17) is 10.8 Å². The summed E-state index contributed by atoms with van der Waals surface area (Å²) < 4.78 is 0. The quantitative estimate of drug-likeness (QED) is 0.467. The highest BCUT2D eigenvalue weighted by molar-refractivity contribution is 6.45. The Bertz CT molecular complexity index is 1130.